The Morgan fingerprint density at radius 1 is 1.71 bits per heavy atom. The minimum Gasteiger partial charge on any atom is -0.361 e. The minimum absolute atomic E-state index is 0.584. The number of piperazine rings is 1. The molecule has 0 aliphatic carbocycles. The van der Waals surface area contributed by atoms with E-state index < -0.39 is 0 Å². The Balaban J connectivity index is 1.95. The monoisotopic (exact) mass is 195 g/mol. The standard InChI is InChI=1S/C10H17N3O/c1-8-6-11-3-4-13(8)7-10-5-9(2)14-12-10/h5,8,11H,3-4,6-7H2,1-2H3. The fraction of sp³-hybridized carbons (Fsp3) is 0.700. The highest BCUT2D eigenvalue weighted by Gasteiger charge is 2.18. The summed E-state index contributed by atoms with van der Waals surface area (Å²) in [6.07, 6.45) is 0. The minimum atomic E-state index is 0.584. The molecule has 1 aliphatic rings. The van der Waals surface area contributed by atoms with Gasteiger partial charge in [0.2, 0.25) is 0 Å². The third-order valence-electron chi connectivity index (χ3n) is 2.68. The van der Waals surface area contributed by atoms with Gasteiger partial charge in [-0.25, -0.2) is 0 Å². The van der Waals surface area contributed by atoms with E-state index in [9.17, 15) is 0 Å². The van der Waals surface area contributed by atoms with Gasteiger partial charge >= 0.3 is 0 Å². The molecule has 1 unspecified atom stereocenters. The smallest absolute Gasteiger partial charge is 0.133 e. The van der Waals surface area contributed by atoms with E-state index in [-0.39, 0.29) is 0 Å². The molecule has 0 aromatic carbocycles. The van der Waals surface area contributed by atoms with Gasteiger partial charge in [-0.05, 0) is 13.8 Å². The summed E-state index contributed by atoms with van der Waals surface area (Å²) in [6.45, 7) is 8.29. The molecule has 1 fully saturated rings. The highest BCUT2D eigenvalue weighted by Crippen LogP contribution is 2.09. The maximum atomic E-state index is 5.05. The van der Waals surface area contributed by atoms with Crippen molar-refractivity contribution < 1.29 is 4.52 Å². The van der Waals surface area contributed by atoms with Crippen molar-refractivity contribution in [2.45, 2.75) is 26.4 Å². The summed E-state index contributed by atoms with van der Waals surface area (Å²) in [5.74, 6) is 0.891. The van der Waals surface area contributed by atoms with Crippen LogP contribution < -0.4 is 5.32 Å². The van der Waals surface area contributed by atoms with Gasteiger partial charge in [0.05, 0.1) is 5.69 Å². The van der Waals surface area contributed by atoms with E-state index in [1.165, 1.54) is 0 Å². The molecule has 0 spiro atoms. The molecule has 78 valence electrons. The highest BCUT2D eigenvalue weighted by molar-refractivity contribution is 5.03. The van der Waals surface area contributed by atoms with Crippen molar-refractivity contribution in [3.8, 4) is 0 Å². The predicted molar refractivity (Wildman–Crippen MR) is 54.0 cm³/mol. The van der Waals surface area contributed by atoms with Crippen LogP contribution in [0.5, 0.6) is 0 Å². The molecule has 1 aromatic rings. The summed E-state index contributed by atoms with van der Waals surface area (Å²) in [5, 5.41) is 7.38. The fourth-order valence-corrected chi connectivity index (χ4v) is 1.82. The maximum Gasteiger partial charge on any atom is 0.133 e. The van der Waals surface area contributed by atoms with E-state index in [0.717, 1.165) is 37.6 Å². The summed E-state index contributed by atoms with van der Waals surface area (Å²) in [5.41, 5.74) is 1.04. The number of hydrogen-bond donors (Lipinski definition) is 1. The second-order valence-electron chi connectivity index (χ2n) is 3.95. The van der Waals surface area contributed by atoms with Crippen molar-refractivity contribution in [1.82, 2.24) is 15.4 Å². The topological polar surface area (TPSA) is 41.3 Å². The van der Waals surface area contributed by atoms with E-state index >= 15 is 0 Å². The molecule has 1 saturated heterocycles. The molecular formula is C10H17N3O. The zero-order chi connectivity index (χ0) is 9.97. The van der Waals surface area contributed by atoms with E-state index in [4.69, 9.17) is 4.52 Å². The number of nitrogens with zero attached hydrogens (tertiary/aromatic N) is 2. The van der Waals surface area contributed by atoms with Crippen LogP contribution in [0.3, 0.4) is 0 Å². The summed E-state index contributed by atoms with van der Waals surface area (Å²) in [4.78, 5) is 2.42. The highest BCUT2D eigenvalue weighted by atomic mass is 16.5. The lowest BCUT2D eigenvalue weighted by Gasteiger charge is -2.33. The third-order valence-corrected chi connectivity index (χ3v) is 2.68. The molecule has 1 aromatic heterocycles. The summed E-state index contributed by atoms with van der Waals surface area (Å²) >= 11 is 0. The van der Waals surface area contributed by atoms with Crippen molar-refractivity contribution in [2.24, 2.45) is 0 Å². The molecule has 1 aliphatic heterocycles. The molecule has 0 saturated carbocycles. The van der Waals surface area contributed by atoms with Crippen molar-refractivity contribution in [3.63, 3.8) is 0 Å². The average molecular weight is 195 g/mol. The van der Waals surface area contributed by atoms with Crippen LogP contribution in [0, 0.1) is 6.92 Å². The molecule has 4 heteroatoms. The van der Waals surface area contributed by atoms with E-state index in [1.54, 1.807) is 0 Å². The zero-order valence-electron chi connectivity index (χ0n) is 8.79. The van der Waals surface area contributed by atoms with Gasteiger partial charge in [0.25, 0.3) is 0 Å². The largest absolute Gasteiger partial charge is 0.361 e. The Kier molecular flexibility index (Phi) is 2.84. The van der Waals surface area contributed by atoms with Crippen LogP contribution in [0.25, 0.3) is 0 Å². The SMILES string of the molecule is Cc1cc(CN2CCNCC2C)no1. The Hall–Kier alpha value is -0.870. The van der Waals surface area contributed by atoms with Gasteiger partial charge < -0.3 is 9.84 Å². The van der Waals surface area contributed by atoms with Crippen molar-refractivity contribution in [1.29, 1.82) is 0 Å². The predicted octanol–water partition coefficient (Wildman–Crippen LogP) is 0.777. The van der Waals surface area contributed by atoms with Gasteiger partial charge in [-0.1, -0.05) is 5.16 Å². The van der Waals surface area contributed by atoms with Gasteiger partial charge in [0.1, 0.15) is 5.76 Å². The Bertz CT molecular complexity index is 297. The number of nitrogens with one attached hydrogen (secondary N) is 1. The molecule has 1 atom stereocenters. The molecule has 2 heterocycles. The van der Waals surface area contributed by atoms with Gasteiger partial charge in [-0.3, -0.25) is 4.90 Å². The lowest BCUT2D eigenvalue weighted by molar-refractivity contribution is 0.161. The van der Waals surface area contributed by atoms with Crippen molar-refractivity contribution in [2.75, 3.05) is 19.6 Å². The average Bonchev–Trinajstić information content (AvgIpc) is 2.56. The van der Waals surface area contributed by atoms with E-state index in [2.05, 4.69) is 22.3 Å². The molecule has 0 amide bonds. The lowest BCUT2D eigenvalue weighted by atomic mass is 10.2. The van der Waals surface area contributed by atoms with Crippen LogP contribution >= 0.6 is 0 Å². The first kappa shape index (κ1) is 9.68. The van der Waals surface area contributed by atoms with Crippen LogP contribution in [0.4, 0.5) is 0 Å². The Morgan fingerprint density at radius 2 is 2.57 bits per heavy atom. The summed E-state index contributed by atoms with van der Waals surface area (Å²) in [6, 6.07) is 2.59. The molecular weight excluding hydrogens is 178 g/mol. The lowest BCUT2D eigenvalue weighted by Crippen LogP contribution is -2.49. The molecule has 2 rings (SSSR count). The number of rotatable bonds is 2. The van der Waals surface area contributed by atoms with Crippen LogP contribution in [0.1, 0.15) is 18.4 Å². The van der Waals surface area contributed by atoms with Crippen molar-refractivity contribution in [3.05, 3.63) is 17.5 Å². The van der Waals surface area contributed by atoms with E-state index in [0.29, 0.717) is 6.04 Å². The van der Waals surface area contributed by atoms with E-state index in [1.807, 2.05) is 13.0 Å². The zero-order valence-corrected chi connectivity index (χ0v) is 8.79. The molecule has 1 N–H and O–H groups in total. The number of aromatic nitrogens is 1. The van der Waals surface area contributed by atoms with Gasteiger partial charge in [-0.2, -0.15) is 0 Å². The second kappa shape index (κ2) is 4.11. The molecule has 0 radical (unpaired) electrons. The molecule has 4 nitrogen and oxygen atoms in total. The summed E-state index contributed by atoms with van der Waals surface area (Å²) in [7, 11) is 0. The quantitative estimate of drug-likeness (QED) is 0.757. The van der Waals surface area contributed by atoms with Gasteiger partial charge in [0.15, 0.2) is 0 Å². The van der Waals surface area contributed by atoms with Crippen molar-refractivity contribution >= 4 is 0 Å². The first-order valence-electron chi connectivity index (χ1n) is 5.12. The fourth-order valence-electron chi connectivity index (χ4n) is 1.82. The van der Waals surface area contributed by atoms with Crippen LogP contribution in [-0.4, -0.2) is 35.7 Å². The normalized spacial score (nSPS) is 24.0. The third kappa shape index (κ3) is 2.13. The molecule has 0 bridgehead atoms. The van der Waals surface area contributed by atoms with Gasteiger partial charge in [0, 0.05) is 38.3 Å². The van der Waals surface area contributed by atoms with Gasteiger partial charge in [-0.15, -0.1) is 0 Å². The number of hydrogen-bond acceptors (Lipinski definition) is 4. The first-order valence-corrected chi connectivity index (χ1v) is 5.12. The Labute approximate surface area is 84.3 Å². The van der Waals surface area contributed by atoms with Crippen LogP contribution in [-0.2, 0) is 6.54 Å². The summed E-state index contributed by atoms with van der Waals surface area (Å²) < 4.78 is 5.05. The first-order chi connectivity index (χ1) is 6.75. The number of aryl methyl sites for hydroxylation is 1. The van der Waals surface area contributed by atoms with Crippen LogP contribution in [0.2, 0.25) is 0 Å². The maximum absolute atomic E-state index is 5.05. The molecule has 14 heavy (non-hydrogen) atoms. The Morgan fingerprint density at radius 3 is 3.21 bits per heavy atom. The van der Waals surface area contributed by atoms with Crippen LogP contribution in [0.15, 0.2) is 10.6 Å². The second-order valence-corrected chi connectivity index (χ2v) is 3.95.